The fourth-order valence-electron chi connectivity index (χ4n) is 8.90. The molecule has 0 atom stereocenters. The highest BCUT2D eigenvalue weighted by Gasteiger charge is 2.21. The van der Waals surface area contributed by atoms with E-state index in [0.29, 0.717) is 17.6 Å². The molecule has 3 aromatic heterocycles. The van der Waals surface area contributed by atoms with Gasteiger partial charge >= 0.3 is 0 Å². The van der Waals surface area contributed by atoms with Gasteiger partial charge in [-0.1, -0.05) is 164 Å². The summed E-state index contributed by atoms with van der Waals surface area (Å²) >= 11 is 0. The molecule has 296 valence electrons. The van der Waals surface area contributed by atoms with E-state index in [1.54, 1.807) is 0 Å². The van der Waals surface area contributed by atoms with E-state index in [0.717, 1.165) is 94.2 Å². The number of para-hydroxylation sites is 3. The van der Waals surface area contributed by atoms with Crippen molar-refractivity contribution in [1.29, 1.82) is 0 Å². The van der Waals surface area contributed by atoms with Crippen LogP contribution in [0.1, 0.15) is 0 Å². The molecule has 0 aliphatic heterocycles. The highest BCUT2D eigenvalue weighted by Crippen LogP contribution is 2.42. The van der Waals surface area contributed by atoms with Gasteiger partial charge in [0.25, 0.3) is 0 Å². The second-order valence-electron chi connectivity index (χ2n) is 15.6. The Hall–Kier alpha value is -8.61. The van der Waals surface area contributed by atoms with E-state index in [2.05, 4.69) is 179 Å². The Morgan fingerprint density at radius 2 is 0.873 bits per heavy atom. The third-order valence-electron chi connectivity index (χ3n) is 11.9. The largest absolute Gasteiger partial charge is 0.456 e. The van der Waals surface area contributed by atoms with Crippen molar-refractivity contribution in [3.05, 3.63) is 224 Å². The first-order valence-corrected chi connectivity index (χ1v) is 21.1. The second-order valence-corrected chi connectivity index (χ2v) is 15.6. The van der Waals surface area contributed by atoms with E-state index in [9.17, 15) is 0 Å². The Kier molecular flexibility index (Phi) is 8.71. The summed E-state index contributed by atoms with van der Waals surface area (Å²) in [6.07, 6.45) is 0. The maximum Gasteiger partial charge on any atom is 0.238 e. The predicted molar refractivity (Wildman–Crippen MR) is 258 cm³/mol. The van der Waals surface area contributed by atoms with Gasteiger partial charge in [-0.25, -0.2) is 4.98 Å². The van der Waals surface area contributed by atoms with Crippen molar-refractivity contribution < 1.29 is 4.42 Å². The SMILES string of the molecule is c1ccc(-c2ccc(-c3nc(-c4ccccc4)nc(-n4c5ccccc5c5c(-c6ccc(N(c7ccccc7)c7ccc8c(c7)oc7ccccc78)cc6)cccc54)n3)cc2)cc1. The van der Waals surface area contributed by atoms with E-state index in [1.165, 1.54) is 0 Å². The Bertz CT molecular complexity index is 3600. The minimum Gasteiger partial charge on any atom is -0.456 e. The molecule has 9 aromatic carbocycles. The van der Waals surface area contributed by atoms with Crippen LogP contribution in [-0.2, 0) is 0 Å². The maximum absolute atomic E-state index is 6.34. The van der Waals surface area contributed by atoms with Gasteiger partial charge in [0.15, 0.2) is 11.6 Å². The molecule has 0 unspecified atom stereocenters. The Labute approximate surface area is 363 Å². The van der Waals surface area contributed by atoms with Gasteiger partial charge in [0, 0.05) is 55.8 Å². The lowest BCUT2D eigenvalue weighted by atomic mass is 9.99. The van der Waals surface area contributed by atoms with Gasteiger partial charge in [-0.15, -0.1) is 0 Å². The van der Waals surface area contributed by atoms with Crippen molar-refractivity contribution in [3.8, 4) is 51.0 Å². The lowest BCUT2D eigenvalue weighted by molar-refractivity contribution is 0.669. The van der Waals surface area contributed by atoms with Crippen molar-refractivity contribution in [2.24, 2.45) is 0 Å². The molecule has 6 heteroatoms. The molecule has 12 rings (SSSR count). The minimum atomic E-state index is 0.560. The monoisotopic (exact) mass is 807 g/mol. The summed E-state index contributed by atoms with van der Waals surface area (Å²) in [7, 11) is 0. The Morgan fingerprint density at radius 1 is 0.349 bits per heavy atom. The molecule has 0 N–H and O–H groups in total. The summed E-state index contributed by atoms with van der Waals surface area (Å²) < 4.78 is 8.52. The minimum absolute atomic E-state index is 0.560. The third kappa shape index (κ3) is 6.40. The highest BCUT2D eigenvalue weighted by atomic mass is 16.3. The number of rotatable bonds is 8. The first kappa shape index (κ1) is 36.3. The van der Waals surface area contributed by atoms with Crippen LogP contribution in [-0.4, -0.2) is 19.5 Å². The van der Waals surface area contributed by atoms with Gasteiger partial charge < -0.3 is 9.32 Å². The molecular formula is C57H37N5O. The smallest absolute Gasteiger partial charge is 0.238 e. The van der Waals surface area contributed by atoms with Crippen molar-refractivity contribution in [2.75, 3.05) is 4.90 Å². The molecule has 3 heterocycles. The molecule has 6 nitrogen and oxygen atoms in total. The molecule has 0 aliphatic carbocycles. The van der Waals surface area contributed by atoms with E-state index in [1.807, 2.05) is 54.6 Å². The van der Waals surface area contributed by atoms with Gasteiger partial charge in [-0.3, -0.25) is 4.57 Å². The summed E-state index contributed by atoms with van der Waals surface area (Å²) in [5.74, 6) is 1.78. The molecule has 0 fully saturated rings. The standard InChI is InChI=1S/C57H37N5O/c1-4-15-38(16-5-1)39-27-29-42(30-28-39)56-58-55(41-17-6-2-7-18-41)59-57(60-56)62-50-24-12-10-22-49(50)54-46(23-14-25-51(54)62)40-31-33-44(34-32-40)61(43-19-8-3-9-20-43)45-35-36-48-47-21-11-13-26-52(47)63-53(48)37-45/h1-37H. The van der Waals surface area contributed by atoms with Crippen LogP contribution >= 0.6 is 0 Å². The number of aromatic nitrogens is 4. The first-order chi connectivity index (χ1) is 31.2. The van der Waals surface area contributed by atoms with Crippen LogP contribution in [0.3, 0.4) is 0 Å². The van der Waals surface area contributed by atoms with Crippen molar-refractivity contribution in [1.82, 2.24) is 19.5 Å². The van der Waals surface area contributed by atoms with Crippen LogP contribution in [0.2, 0.25) is 0 Å². The lowest BCUT2D eigenvalue weighted by Gasteiger charge is -2.25. The fourth-order valence-corrected chi connectivity index (χ4v) is 8.90. The third-order valence-corrected chi connectivity index (χ3v) is 11.9. The van der Waals surface area contributed by atoms with Crippen LogP contribution in [0, 0.1) is 0 Å². The van der Waals surface area contributed by atoms with Gasteiger partial charge in [-0.2, -0.15) is 9.97 Å². The van der Waals surface area contributed by atoms with Crippen LogP contribution in [0.25, 0.3) is 94.7 Å². The van der Waals surface area contributed by atoms with E-state index >= 15 is 0 Å². The number of hydrogen-bond donors (Lipinski definition) is 0. The van der Waals surface area contributed by atoms with Crippen molar-refractivity contribution in [3.63, 3.8) is 0 Å². The Balaban J connectivity index is 0.981. The predicted octanol–water partition coefficient (Wildman–Crippen LogP) is 15.0. The normalized spacial score (nSPS) is 11.5. The second kappa shape index (κ2) is 15.1. The number of benzene rings is 9. The highest BCUT2D eigenvalue weighted by molar-refractivity contribution is 6.15. The number of furan rings is 1. The van der Waals surface area contributed by atoms with Crippen molar-refractivity contribution >= 4 is 60.8 Å². The number of hydrogen-bond acceptors (Lipinski definition) is 5. The molecule has 0 spiro atoms. The zero-order chi connectivity index (χ0) is 41.7. The number of nitrogens with zero attached hydrogens (tertiary/aromatic N) is 5. The molecule has 0 amide bonds. The average Bonchev–Trinajstić information content (AvgIpc) is 3.91. The molecule has 0 radical (unpaired) electrons. The van der Waals surface area contributed by atoms with E-state index in [-0.39, 0.29) is 0 Å². The maximum atomic E-state index is 6.34. The molecule has 0 saturated heterocycles. The number of anilines is 3. The summed E-state index contributed by atoms with van der Waals surface area (Å²) in [6.45, 7) is 0. The zero-order valence-electron chi connectivity index (χ0n) is 34.0. The zero-order valence-corrected chi connectivity index (χ0v) is 34.0. The lowest BCUT2D eigenvalue weighted by Crippen LogP contribution is -2.09. The first-order valence-electron chi connectivity index (χ1n) is 21.1. The van der Waals surface area contributed by atoms with Crippen molar-refractivity contribution in [2.45, 2.75) is 0 Å². The van der Waals surface area contributed by atoms with Crippen LogP contribution < -0.4 is 4.90 Å². The molecule has 0 bridgehead atoms. The topological polar surface area (TPSA) is 60.0 Å². The van der Waals surface area contributed by atoms with Gasteiger partial charge in [-0.05, 0) is 76.9 Å². The summed E-state index contributed by atoms with van der Waals surface area (Å²) in [5, 5.41) is 4.47. The molecule has 0 saturated carbocycles. The molecule has 63 heavy (non-hydrogen) atoms. The van der Waals surface area contributed by atoms with Crippen LogP contribution in [0.4, 0.5) is 17.1 Å². The van der Waals surface area contributed by atoms with Gasteiger partial charge in [0.05, 0.1) is 11.0 Å². The van der Waals surface area contributed by atoms with E-state index < -0.39 is 0 Å². The fraction of sp³-hybridized carbons (Fsp3) is 0. The summed E-state index contributed by atoms with van der Waals surface area (Å²) in [6, 6.07) is 78.1. The van der Waals surface area contributed by atoms with Gasteiger partial charge in [0.1, 0.15) is 11.2 Å². The van der Waals surface area contributed by atoms with Crippen LogP contribution in [0.15, 0.2) is 229 Å². The van der Waals surface area contributed by atoms with Crippen LogP contribution in [0.5, 0.6) is 0 Å². The quantitative estimate of drug-likeness (QED) is 0.153. The summed E-state index contributed by atoms with van der Waals surface area (Å²) in [4.78, 5) is 17.7. The molecular weight excluding hydrogens is 771 g/mol. The number of fused-ring (bicyclic) bond motifs is 6. The molecule has 12 aromatic rings. The Morgan fingerprint density at radius 3 is 1.62 bits per heavy atom. The van der Waals surface area contributed by atoms with Gasteiger partial charge in [0.2, 0.25) is 5.95 Å². The van der Waals surface area contributed by atoms with E-state index in [4.69, 9.17) is 19.4 Å². The summed E-state index contributed by atoms with van der Waals surface area (Å²) in [5.41, 5.74) is 13.3. The average molecular weight is 808 g/mol. The molecule has 0 aliphatic rings.